The molecule has 0 saturated carbocycles. The molecule has 76 valence electrons. The molecule has 0 aromatic heterocycles. The first-order valence-corrected chi connectivity index (χ1v) is 5.67. The van der Waals surface area contributed by atoms with Crippen molar-refractivity contribution in [1.29, 1.82) is 0 Å². The summed E-state index contributed by atoms with van der Waals surface area (Å²) in [5.74, 6) is 0. The molecule has 1 aliphatic rings. The molecule has 1 unspecified atom stereocenters. The summed E-state index contributed by atoms with van der Waals surface area (Å²) < 4.78 is 20.7. The van der Waals surface area contributed by atoms with Gasteiger partial charge in [-0.3, -0.25) is 0 Å². The van der Waals surface area contributed by atoms with E-state index in [1.807, 2.05) is 20.8 Å². The lowest BCUT2D eigenvalue weighted by Gasteiger charge is -2.17. The van der Waals surface area contributed by atoms with Gasteiger partial charge in [0.1, 0.15) is 11.0 Å². The molecule has 1 fully saturated rings. The number of nitrogens with zero attached hydrogens (tertiary/aromatic N) is 1. The average Bonchev–Trinajstić information content (AvgIpc) is 2.04. The van der Waals surface area contributed by atoms with E-state index < -0.39 is 11.0 Å². The lowest BCUT2D eigenvalue weighted by atomic mass is 10.2. The third-order valence-corrected chi connectivity index (χ3v) is 3.23. The highest BCUT2D eigenvalue weighted by molar-refractivity contribution is 7.85. The van der Waals surface area contributed by atoms with Crippen LogP contribution in [0.3, 0.4) is 0 Å². The smallest absolute Gasteiger partial charge is 0.144 e. The van der Waals surface area contributed by atoms with Gasteiger partial charge in [-0.25, -0.2) is 4.21 Å². The van der Waals surface area contributed by atoms with Gasteiger partial charge >= 0.3 is 0 Å². The van der Waals surface area contributed by atoms with E-state index in [4.69, 9.17) is 4.74 Å². The van der Waals surface area contributed by atoms with E-state index in [0.717, 1.165) is 25.2 Å². The van der Waals surface area contributed by atoms with Crippen molar-refractivity contribution < 1.29 is 8.95 Å². The molecule has 1 rings (SSSR count). The minimum absolute atomic E-state index is 0.259. The SMILES string of the molecule is CC(C)(C)S(=O)N=C1CCCOC1. The molecule has 1 heterocycles. The first-order valence-electron chi connectivity index (χ1n) is 4.56. The molecular weight excluding hydrogens is 186 g/mol. The van der Waals surface area contributed by atoms with E-state index in [1.165, 1.54) is 0 Å². The predicted octanol–water partition coefficient (Wildman–Crippen LogP) is 1.70. The van der Waals surface area contributed by atoms with Crippen LogP contribution < -0.4 is 0 Å². The van der Waals surface area contributed by atoms with Crippen molar-refractivity contribution in [3.63, 3.8) is 0 Å². The molecule has 0 spiro atoms. The summed E-state index contributed by atoms with van der Waals surface area (Å²) in [7, 11) is -1.13. The maximum Gasteiger partial charge on any atom is 0.144 e. The molecule has 1 atom stereocenters. The standard InChI is InChI=1S/C9H17NO2S/c1-9(2,3)13(11)10-8-5-4-6-12-7-8/h4-7H2,1-3H3. The summed E-state index contributed by atoms with van der Waals surface area (Å²) in [5.41, 5.74) is 0.944. The van der Waals surface area contributed by atoms with Crippen molar-refractivity contribution >= 4 is 16.7 Å². The summed E-state index contributed by atoms with van der Waals surface area (Å²) in [4.78, 5) is 0. The zero-order valence-corrected chi connectivity index (χ0v) is 9.32. The number of hydrogen-bond acceptors (Lipinski definition) is 2. The Kier molecular flexibility index (Phi) is 3.62. The van der Waals surface area contributed by atoms with Crippen molar-refractivity contribution in [2.75, 3.05) is 13.2 Å². The fourth-order valence-electron chi connectivity index (χ4n) is 0.967. The van der Waals surface area contributed by atoms with Crippen LogP contribution in [0.15, 0.2) is 4.40 Å². The average molecular weight is 203 g/mol. The predicted molar refractivity (Wildman–Crippen MR) is 55.4 cm³/mol. The number of rotatable bonds is 1. The Morgan fingerprint density at radius 3 is 2.62 bits per heavy atom. The number of hydrogen-bond donors (Lipinski definition) is 0. The summed E-state index contributed by atoms with van der Waals surface area (Å²) in [6.45, 7) is 7.15. The monoisotopic (exact) mass is 203 g/mol. The lowest BCUT2D eigenvalue weighted by Crippen LogP contribution is -2.24. The molecule has 0 aromatic carbocycles. The van der Waals surface area contributed by atoms with Crippen molar-refractivity contribution in [2.24, 2.45) is 4.40 Å². The van der Waals surface area contributed by atoms with Gasteiger partial charge in [0.05, 0.1) is 17.1 Å². The highest BCUT2D eigenvalue weighted by Gasteiger charge is 2.20. The van der Waals surface area contributed by atoms with Crippen LogP contribution in [0.2, 0.25) is 0 Å². The van der Waals surface area contributed by atoms with Gasteiger partial charge < -0.3 is 4.74 Å². The minimum atomic E-state index is -1.13. The Hall–Kier alpha value is -0.220. The van der Waals surface area contributed by atoms with Gasteiger partial charge in [0.15, 0.2) is 0 Å². The van der Waals surface area contributed by atoms with E-state index >= 15 is 0 Å². The maximum atomic E-state index is 11.6. The van der Waals surface area contributed by atoms with Crippen LogP contribution >= 0.6 is 0 Å². The van der Waals surface area contributed by atoms with Crippen LogP contribution in [-0.4, -0.2) is 27.9 Å². The molecule has 3 nitrogen and oxygen atoms in total. The Labute approximate surface area is 82.2 Å². The van der Waals surface area contributed by atoms with Crippen molar-refractivity contribution in [3.8, 4) is 0 Å². The second-order valence-corrected chi connectivity index (χ2v) is 6.08. The molecule has 0 aromatic rings. The van der Waals surface area contributed by atoms with Gasteiger partial charge in [-0.2, -0.15) is 4.40 Å². The Balaban J connectivity index is 2.59. The summed E-state index contributed by atoms with van der Waals surface area (Å²) in [6, 6.07) is 0. The highest BCUT2D eigenvalue weighted by atomic mass is 32.2. The molecule has 4 heteroatoms. The second-order valence-electron chi connectivity index (χ2n) is 4.18. The van der Waals surface area contributed by atoms with Crippen molar-refractivity contribution in [2.45, 2.75) is 38.4 Å². The molecular formula is C9H17NO2S. The van der Waals surface area contributed by atoms with Crippen molar-refractivity contribution in [1.82, 2.24) is 0 Å². The topological polar surface area (TPSA) is 38.7 Å². The highest BCUT2D eigenvalue weighted by Crippen LogP contribution is 2.14. The van der Waals surface area contributed by atoms with E-state index in [9.17, 15) is 4.21 Å². The molecule has 0 radical (unpaired) electrons. The van der Waals surface area contributed by atoms with Gasteiger partial charge in [0.25, 0.3) is 0 Å². The summed E-state index contributed by atoms with van der Waals surface area (Å²) >= 11 is 0. The van der Waals surface area contributed by atoms with E-state index in [-0.39, 0.29) is 4.75 Å². The van der Waals surface area contributed by atoms with E-state index in [1.54, 1.807) is 0 Å². The molecule has 1 saturated heterocycles. The fraction of sp³-hybridized carbons (Fsp3) is 0.889. The lowest BCUT2D eigenvalue weighted by molar-refractivity contribution is 0.154. The Bertz CT molecular complexity index is 222. The Morgan fingerprint density at radius 2 is 2.15 bits per heavy atom. The molecule has 13 heavy (non-hydrogen) atoms. The zero-order valence-electron chi connectivity index (χ0n) is 8.50. The van der Waals surface area contributed by atoms with Crippen LogP contribution in [0.5, 0.6) is 0 Å². The van der Waals surface area contributed by atoms with Crippen LogP contribution in [0, 0.1) is 0 Å². The van der Waals surface area contributed by atoms with Gasteiger partial charge in [-0.1, -0.05) is 0 Å². The van der Waals surface area contributed by atoms with Gasteiger partial charge in [0.2, 0.25) is 0 Å². The third-order valence-electron chi connectivity index (χ3n) is 1.76. The quantitative estimate of drug-likeness (QED) is 0.650. The summed E-state index contributed by atoms with van der Waals surface area (Å²) in [5, 5.41) is 0. The van der Waals surface area contributed by atoms with Crippen LogP contribution in [-0.2, 0) is 15.7 Å². The van der Waals surface area contributed by atoms with E-state index in [2.05, 4.69) is 4.40 Å². The Morgan fingerprint density at radius 1 is 1.46 bits per heavy atom. The minimum Gasteiger partial charge on any atom is -0.375 e. The van der Waals surface area contributed by atoms with Crippen LogP contribution in [0.25, 0.3) is 0 Å². The second kappa shape index (κ2) is 4.33. The maximum absolute atomic E-state index is 11.6. The molecule has 0 bridgehead atoms. The van der Waals surface area contributed by atoms with Gasteiger partial charge in [-0.05, 0) is 33.6 Å². The zero-order chi connectivity index (χ0) is 9.90. The first-order chi connectivity index (χ1) is 6.00. The molecule has 0 N–H and O–H groups in total. The first kappa shape index (κ1) is 10.9. The normalized spacial score (nSPS) is 24.7. The van der Waals surface area contributed by atoms with Gasteiger partial charge in [-0.15, -0.1) is 0 Å². The number of ether oxygens (including phenoxy) is 1. The molecule has 1 aliphatic heterocycles. The van der Waals surface area contributed by atoms with Crippen molar-refractivity contribution in [3.05, 3.63) is 0 Å². The summed E-state index contributed by atoms with van der Waals surface area (Å²) in [6.07, 6.45) is 1.93. The third kappa shape index (κ3) is 3.56. The fourth-order valence-corrected chi connectivity index (χ4v) is 1.62. The van der Waals surface area contributed by atoms with Crippen LogP contribution in [0.1, 0.15) is 33.6 Å². The van der Waals surface area contributed by atoms with Gasteiger partial charge in [0, 0.05) is 6.61 Å². The van der Waals surface area contributed by atoms with E-state index in [0.29, 0.717) is 6.61 Å². The molecule has 0 amide bonds. The largest absolute Gasteiger partial charge is 0.375 e. The van der Waals surface area contributed by atoms with Crippen LogP contribution in [0.4, 0.5) is 0 Å². The molecule has 0 aliphatic carbocycles.